The molecule has 74 valence electrons. The van der Waals surface area contributed by atoms with Gasteiger partial charge in [0.15, 0.2) is 5.78 Å². The lowest BCUT2D eigenvalue weighted by molar-refractivity contribution is -0.769. The second kappa shape index (κ2) is 3.33. The number of carbonyl (C=O) groups excluding carboxylic acids is 1. The molecule has 6 nitrogen and oxygen atoms in total. The van der Waals surface area contributed by atoms with Gasteiger partial charge in [-0.3, -0.25) is 4.79 Å². The molecule has 0 radical (unpaired) electrons. The average Bonchev–Trinajstić information content (AvgIpc) is 2.47. The van der Waals surface area contributed by atoms with E-state index in [9.17, 15) is 9.70 Å². The number of hydrogen-bond donors (Lipinski definition) is 2. The van der Waals surface area contributed by atoms with Gasteiger partial charge in [-0.15, -0.1) is 0 Å². The SMILES string of the molecule is O=C1CCCc2nc(N[N+](=O)O)sc21. The number of carbonyl (C=O) groups is 1. The molecular weight excluding hydrogens is 206 g/mol. The van der Waals surface area contributed by atoms with Crippen LogP contribution in [0, 0.1) is 4.91 Å². The number of fused-ring (bicyclic) bond motifs is 1. The summed E-state index contributed by atoms with van der Waals surface area (Å²) in [7, 11) is 0. The minimum atomic E-state index is -0.422. The maximum atomic E-state index is 11.4. The van der Waals surface area contributed by atoms with Crippen molar-refractivity contribution in [1.82, 2.24) is 4.98 Å². The molecule has 1 aliphatic carbocycles. The fraction of sp³-hybridized carbons (Fsp3) is 0.429. The predicted molar refractivity (Wildman–Crippen MR) is 48.4 cm³/mol. The lowest BCUT2D eigenvalue weighted by Crippen LogP contribution is -2.10. The summed E-state index contributed by atoms with van der Waals surface area (Å²) in [5.74, 6) is 0.0622. The highest BCUT2D eigenvalue weighted by Gasteiger charge is 2.23. The number of nitrogens with one attached hydrogen (secondary N) is 1. The smallest absolute Gasteiger partial charge is 0.293 e. The number of nitrogens with zero attached hydrogens (tertiary/aromatic N) is 2. The van der Waals surface area contributed by atoms with Crippen molar-refractivity contribution in [3.8, 4) is 0 Å². The van der Waals surface area contributed by atoms with Crippen molar-refractivity contribution in [2.45, 2.75) is 19.3 Å². The molecule has 1 heterocycles. The first-order valence-electron chi connectivity index (χ1n) is 4.12. The van der Waals surface area contributed by atoms with E-state index in [-0.39, 0.29) is 10.9 Å². The monoisotopic (exact) mass is 214 g/mol. The Balaban J connectivity index is 2.30. The van der Waals surface area contributed by atoms with E-state index in [4.69, 9.17) is 5.21 Å². The minimum absolute atomic E-state index is 0.0622. The zero-order valence-corrected chi connectivity index (χ0v) is 8.00. The van der Waals surface area contributed by atoms with Crippen LogP contribution in [0.2, 0.25) is 0 Å². The van der Waals surface area contributed by atoms with Crippen LogP contribution in [-0.4, -0.2) is 21.0 Å². The molecular formula is C7H8N3O3S+. The van der Waals surface area contributed by atoms with Crippen molar-refractivity contribution in [2.75, 3.05) is 5.43 Å². The highest BCUT2D eigenvalue weighted by atomic mass is 32.1. The number of thiazole rings is 1. The van der Waals surface area contributed by atoms with Crippen molar-refractivity contribution in [3.63, 3.8) is 0 Å². The van der Waals surface area contributed by atoms with E-state index in [1.807, 2.05) is 0 Å². The van der Waals surface area contributed by atoms with Crippen LogP contribution >= 0.6 is 11.3 Å². The first-order chi connectivity index (χ1) is 6.66. The minimum Gasteiger partial charge on any atom is -0.293 e. The van der Waals surface area contributed by atoms with E-state index in [0.29, 0.717) is 11.3 Å². The number of hydrogen-bond acceptors (Lipinski definition) is 4. The van der Waals surface area contributed by atoms with Crippen LogP contribution < -0.4 is 5.43 Å². The van der Waals surface area contributed by atoms with Gasteiger partial charge in [-0.1, -0.05) is 11.3 Å². The Labute approximate surface area is 83.1 Å². The number of ketones is 1. The van der Waals surface area contributed by atoms with Crippen molar-refractivity contribution >= 4 is 22.3 Å². The molecule has 0 saturated heterocycles. The van der Waals surface area contributed by atoms with Gasteiger partial charge in [-0.2, -0.15) is 0 Å². The Morgan fingerprint density at radius 1 is 1.50 bits per heavy atom. The van der Waals surface area contributed by atoms with E-state index in [2.05, 4.69) is 10.4 Å². The van der Waals surface area contributed by atoms with Crippen LogP contribution in [0.1, 0.15) is 28.2 Å². The molecule has 0 amide bonds. The highest BCUT2D eigenvalue weighted by Crippen LogP contribution is 2.29. The number of aromatic nitrogens is 1. The number of hydrazine groups is 1. The molecule has 0 bridgehead atoms. The summed E-state index contributed by atoms with van der Waals surface area (Å²) in [5.41, 5.74) is 2.79. The summed E-state index contributed by atoms with van der Waals surface area (Å²) in [6.07, 6.45) is 2.09. The van der Waals surface area contributed by atoms with Gasteiger partial charge < -0.3 is 0 Å². The van der Waals surface area contributed by atoms with Gasteiger partial charge in [-0.05, 0) is 18.3 Å². The summed E-state index contributed by atoms with van der Waals surface area (Å²) in [6.45, 7) is 0. The van der Waals surface area contributed by atoms with Crippen LogP contribution in [0.4, 0.5) is 5.13 Å². The molecule has 2 N–H and O–H groups in total. The zero-order chi connectivity index (χ0) is 10.1. The third-order valence-corrected chi connectivity index (χ3v) is 3.00. The molecule has 14 heavy (non-hydrogen) atoms. The Morgan fingerprint density at radius 2 is 2.29 bits per heavy atom. The van der Waals surface area contributed by atoms with Crippen LogP contribution in [0.5, 0.6) is 0 Å². The van der Waals surface area contributed by atoms with E-state index < -0.39 is 5.03 Å². The Morgan fingerprint density at radius 3 is 2.93 bits per heavy atom. The van der Waals surface area contributed by atoms with Gasteiger partial charge in [0.25, 0.3) is 5.13 Å². The predicted octanol–water partition coefficient (Wildman–Crippen LogP) is 1.16. The summed E-state index contributed by atoms with van der Waals surface area (Å²) < 4.78 is 0. The van der Waals surface area contributed by atoms with Gasteiger partial charge in [0.05, 0.1) is 10.6 Å². The Hall–Kier alpha value is -1.50. The van der Waals surface area contributed by atoms with Crippen molar-refractivity contribution in [3.05, 3.63) is 15.5 Å². The first kappa shape index (κ1) is 9.07. The lowest BCUT2D eigenvalue weighted by atomic mass is 10.0. The average molecular weight is 214 g/mol. The molecule has 0 aromatic carbocycles. The molecule has 1 aromatic heterocycles. The third kappa shape index (κ3) is 1.58. The second-order valence-corrected chi connectivity index (χ2v) is 3.96. The van der Waals surface area contributed by atoms with Crippen molar-refractivity contribution in [1.29, 1.82) is 0 Å². The highest BCUT2D eigenvalue weighted by molar-refractivity contribution is 7.17. The van der Waals surface area contributed by atoms with E-state index in [1.54, 1.807) is 0 Å². The second-order valence-electron chi connectivity index (χ2n) is 2.96. The van der Waals surface area contributed by atoms with Crippen LogP contribution in [0.15, 0.2) is 0 Å². The van der Waals surface area contributed by atoms with Crippen LogP contribution in [-0.2, 0) is 6.42 Å². The molecule has 0 spiro atoms. The Kier molecular flexibility index (Phi) is 2.16. The van der Waals surface area contributed by atoms with Gasteiger partial charge in [0.2, 0.25) is 0 Å². The molecule has 2 rings (SSSR count). The van der Waals surface area contributed by atoms with Gasteiger partial charge in [-0.25, -0.2) is 10.2 Å². The quantitative estimate of drug-likeness (QED) is 0.722. The van der Waals surface area contributed by atoms with E-state index >= 15 is 0 Å². The van der Waals surface area contributed by atoms with Crippen LogP contribution in [0.25, 0.3) is 0 Å². The normalized spacial score (nSPS) is 15.0. The standard InChI is InChI=1S/C7H7N3O3S/c11-5-3-1-2-4-6(5)14-7(8-4)9-10(12)13/h1-3H2,(H-,8,9,11,12,13)/p+1. The zero-order valence-electron chi connectivity index (χ0n) is 7.19. The largest absolute Gasteiger partial charge is 0.361 e. The number of aryl methyl sites for hydroxylation is 1. The third-order valence-electron chi connectivity index (χ3n) is 1.96. The molecule has 0 fully saturated rings. The molecule has 1 aliphatic rings. The summed E-state index contributed by atoms with van der Waals surface area (Å²) in [6, 6.07) is 0. The number of rotatable bonds is 2. The lowest BCUT2D eigenvalue weighted by Gasteiger charge is -2.05. The topological polar surface area (TPSA) is 82.3 Å². The van der Waals surface area contributed by atoms with Crippen molar-refractivity contribution < 1.29 is 15.0 Å². The molecule has 0 aliphatic heterocycles. The molecule has 0 unspecified atom stereocenters. The molecule has 0 saturated carbocycles. The van der Waals surface area contributed by atoms with Crippen molar-refractivity contribution in [2.24, 2.45) is 0 Å². The molecule has 0 atom stereocenters. The molecule has 1 aromatic rings. The van der Waals surface area contributed by atoms with E-state index in [1.165, 1.54) is 0 Å². The van der Waals surface area contributed by atoms with Gasteiger partial charge in [0, 0.05) is 6.42 Å². The fourth-order valence-corrected chi connectivity index (χ4v) is 2.35. The van der Waals surface area contributed by atoms with Gasteiger partial charge in [0.1, 0.15) is 4.91 Å². The Bertz CT molecular complexity index is 401. The summed E-state index contributed by atoms with van der Waals surface area (Å²) in [4.78, 5) is 26.2. The maximum Gasteiger partial charge on any atom is 0.361 e. The fourth-order valence-electron chi connectivity index (χ4n) is 1.40. The molecule has 7 heteroatoms. The number of anilines is 1. The van der Waals surface area contributed by atoms with E-state index in [0.717, 1.165) is 29.9 Å². The summed E-state index contributed by atoms with van der Waals surface area (Å²) in [5, 5.41) is 8.21. The maximum absolute atomic E-state index is 11.4. The first-order valence-corrected chi connectivity index (χ1v) is 4.94. The summed E-state index contributed by atoms with van der Waals surface area (Å²) >= 11 is 1.10. The van der Waals surface area contributed by atoms with Gasteiger partial charge >= 0.3 is 5.03 Å². The number of Topliss-reactive ketones (excluding diaryl/α,β-unsaturated/α-hetero) is 1. The van der Waals surface area contributed by atoms with Crippen LogP contribution in [0.3, 0.4) is 0 Å².